The molecule has 2 aliphatic rings. The van der Waals surface area contributed by atoms with Gasteiger partial charge in [-0.25, -0.2) is 0 Å². The van der Waals surface area contributed by atoms with Crippen molar-refractivity contribution in [2.24, 2.45) is 0 Å². The minimum Gasteiger partial charge on any atom is -0.490 e. The lowest BCUT2D eigenvalue weighted by atomic mass is 10.1. The van der Waals surface area contributed by atoms with Crippen LogP contribution in [-0.4, -0.2) is 47.3 Å². The Hall–Kier alpha value is -2.84. The Balaban J connectivity index is 1.52. The van der Waals surface area contributed by atoms with E-state index >= 15 is 0 Å². The van der Waals surface area contributed by atoms with Gasteiger partial charge in [0.15, 0.2) is 22.4 Å². The number of anilines is 1. The second-order valence-corrected chi connectivity index (χ2v) is 10.00. The molecule has 0 spiro atoms. The number of carbonyl (C=O) groups excluding carboxylic acids is 2. The molecule has 8 heteroatoms. The van der Waals surface area contributed by atoms with Gasteiger partial charge < -0.3 is 14.4 Å². The van der Waals surface area contributed by atoms with Crippen LogP contribution in [0.25, 0.3) is 6.08 Å². The van der Waals surface area contributed by atoms with Crippen LogP contribution in [0.1, 0.15) is 36.5 Å². The van der Waals surface area contributed by atoms with Crippen LogP contribution in [0, 0.1) is 13.8 Å². The first-order chi connectivity index (χ1) is 16.4. The van der Waals surface area contributed by atoms with Gasteiger partial charge in [-0.05, 0) is 69.0 Å². The number of thioether (sulfide) groups is 1. The molecule has 0 N–H and O–H groups in total. The van der Waals surface area contributed by atoms with Gasteiger partial charge in [0.05, 0.1) is 17.2 Å². The van der Waals surface area contributed by atoms with Crippen molar-refractivity contribution >= 4 is 51.9 Å². The summed E-state index contributed by atoms with van der Waals surface area (Å²) in [4.78, 5) is 29.5. The highest BCUT2D eigenvalue weighted by Gasteiger charge is 2.34. The average molecular weight is 497 g/mol. The molecule has 2 aromatic rings. The fourth-order valence-corrected chi connectivity index (χ4v) is 5.37. The fourth-order valence-electron chi connectivity index (χ4n) is 4.08. The van der Waals surface area contributed by atoms with Crippen LogP contribution >= 0.6 is 24.0 Å². The molecule has 2 saturated heterocycles. The van der Waals surface area contributed by atoms with Gasteiger partial charge >= 0.3 is 0 Å². The van der Waals surface area contributed by atoms with E-state index in [-0.39, 0.29) is 18.4 Å². The summed E-state index contributed by atoms with van der Waals surface area (Å²) >= 11 is 6.81. The molecule has 2 aliphatic heterocycles. The quantitative estimate of drug-likeness (QED) is 0.392. The van der Waals surface area contributed by atoms with Gasteiger partial charge in [-0.1, -0.05) is 47.7 Å². The van der Waals surface area contributed by atoms with Gasteiger partial charge in [-0.15, -0.1) is 0 Å². The zero-order chi connectivity index (χ0) is 24.2. The predicted molar refractivity (Wildman–Crippen MR) is 140 cm³/mol. The lowest BCUT2D eigenvalue weighted by molar-refractivity contribution is -0.132. The maximum atomic E-state index is 13.2. The molecular weight excluding hydrogens is 468 g/mol. The van der Waals surface area contributed by atoms with Crippen molar-refractivity contribution in [3.8, 4) is 11.5 Å². The first-order valence-corrected chi connectivity index (χ1v) is 12.6. The Labute approximate surface area is 209 Å². The van der Waals surface area contributed by atoms with Crippen LogP contribution in [0.3, 0.4) is 0 Å². The van der Waals surface area contributed by atoms with E-state index < -0.39 is 0 Å². The standard InChI is InChI=1S/C26H28N2O4S2/c1-4-31-22-14-19(8-10-21(22)32-16-24(29)27-11-5-6-12-27)15-23-25(30)28(26(33)34-23)20-9-7-17(2)13-18(20)3/h7-10,13-15H,4-6,11-12,16H2,1-3H3/b23-15+. The summed E-state index contributed by atoms with van der Waals surface area (Å²) in [5.74, 6) is 0.889. The Morgan fingerprint density at radius 1 is 1.09 bits per heavy atom. The maximum absolute atomic E-state index is 13.2. The van der Waals surface area contributed by atoms with Gasteiger partial charge in [0.2, 0.25) is 0 Å². The number of likely N-dealkylation sites (tertiary alicyclic amines) is 1. The van der Waals surface area contributed by atoms with E-state index in [1.807, 2.05) is 62.1 Å². The molecule has 0 saturated carbocycles. The summed E-state index contributed by atoms with van der Waals surface area (Å²) in [5.41, 5.74) is 3.73. The van der Waals surface area contributed by atoms with E-state index in [2.05, 4.69) is 0 Å². The third kappa shape index (κ3) is 5.28. The Kier molecular flexibility index (Phi) is 7.58. The molecule has 0 bridgehead atoms. The number of aryl methyl sites for hydroxylation is 2. The van der Waals surface area contributed by atoms with Crippen molar-refractivity contribution in [3.63, 3.8) is 0 Å². The molecule has 178 valence electrons. The molecule has 2 aromatic carbocycles. The molecule has 2 amide bonds. The first-order valence-electron chi connectivity index (χ1n) is 11.4. The molecule has 0 atom stereocenters. The fraction of sp³-hybridized carbons (Fsp3) is 0.346. The zero-order valence-corrected chi connectivity index (χ0v) is 21.3. The summed E-state index contributed by atoms with van der Waals surface area (Å²) in [5, 5.41) is 0. The molecule has 2 fully saturated rings. The molecule has 4 rings (SSSR count). The van der Waals surface area contributed by atoms with E-state index in [1.165, 1.54) is 11.8 Å². The predicted octanol–water partition coefficient (Wildman–Crippen LogP) is 5.11. The number of benzene rings is 2. The number of rotatable bonds is 7. The van der Waals surface area contributed by atoms with Crippen molar-refractivity contribution in [1.29, 1.82) is 0 Å². The SMILES string of the molecule is CCOc1cc(/C=C2/SC(=S)N(c3ccc(C)cc3C)C2=O)ccc1OCC(=O)N1CCCC1. The minimum absolute atomic E-state index is 0.0147. The summed E-state index contributed by atoms with van der Waals surface area (Å²) < 4.78 is 12.1. The third-order valence-corrected chi connectivity index (χ3v) is 7.06. The minimum atomic E-state index is -0.142. The number of amides is 2. The molecule has 0 radical (unpaired) electrons. The highest BCUT2D eigenvalue weighted by atomic mass is 32.2. The van der Waals surface area contributed by atoms with Crippen molar-refractivity contribution in [2.75, 3.05) is 31.2 Å². The van der Waals surface area contributed by atoms with Crippen molar-refractivity contribution in [1.82, 2.24) is 4.90 Å². The lowest BCUT2D eigenvalue weighted by Gasteiger charge is -2.17. The normalized spacial score (nSPS) is 17.1. The summed E-state index contributed by atoms with van der Waals surface area (Å²) in [7, 11) is 0. The molecular formula is C26H28N2O4S2. The Morgan fingerprint density at radius 2 is 1.85 bits per heavy atom. The number of carbonyl (C=O) groups is 2. The monoisotopic (exact) mass is 496 g/mol. The second-order valence-electron chi connectivity index (χ2n) is 8.32. The maximum Gasteiger partial charge on any atom is 0.270 e. The van der Waals surface area contributed by atoms with Crippen molar-refractivity contribution in [2.45, 2.75) is 33.6 Å². The molecule has 2 heterocycles. The first kappa shape index (κ1) is 24.3. The molecule has 0 unspecified atom stereocenters. The summed E-state index contributed by atoms with van der Waals surface area (Å²) in [6, 6.07) is 11.4. The number of hydrogen-bond donors (Lipinski definition) is 0. The van der Waals surface area contributed by atoms with E-state index in [9.17, 15) is 9.59 Å². The summed E-state index contributed by atoms with van der Waals surface area (Å²) in [6.07, 6.45) is 3.89. The van der Waals surface area contributed by atoms with E-state index in [0.717, 1.165) is 48.3 Å². The largest absolute Gasteiger partial charge is 0.490 e. The topological polar surface area (TPSA) is 59.1 Å². The van der Waals surface area contributed by atoms with Crippen molar-refractivity contribution < 1.29 is 19.1 Å². The third-order valence-electron chi connectivity index (χ3n) is 5.76. The number of hydrogen-bond acceptors (Lipinski definition) is 6. The molecule has 0 aliphatic carbocycles. The van der Waals surface area contributed by atoms with E-state index in [0.29, 0.717) is 27.3 Å². The molecule has 6 nitrogen and oxygen atoms in total. The van der Waals surface area contributed by atoms with E-state index in [4.69, 9.17) is 21.7 Å². The lowest BCUT2D eigenvalue weighted by Crippen LogP contribution is -2.32. The van der Waals surface area contributed by atoms with Crippen LogP contribution < -0.4 is 14.4 Å². The Morgan fingerprint density at radius 3 is 2.56 bits per heavy atom. The molecule has 34 heavy (non-hydrogen) atoms. The van der Waals surface area contributed by atoms with Crippen LogP contribution in [0.2, 0.25) is 0 Å². The van der Waals surface area contributed by atoms with Gasteiger partial charge in [0, 0.05) is 13.1 Å². The second kappa shape index (κ2) is 10.6. The highest BCUT2D eigenvalue weighted by molar-refractivity contribution is 8.27. The molecule has 0 aromatic heterocycles. The van der Waals surface area contributed by atoms with Gasteiger partial charge in [-0.3, -0.25) is 14.5 Å². The number of nitrogens with zero attached hydrogens (tertiary/aromatic N) is 2. The van der Waals surface area contributed by atoms with Crippen LogP contribution in [0.5, 0.6) is 11.5 Å². The average Bonchev–Trinajstić information content (AvgIpc) is 3.43. The highest BCUT2D eigenvalue weighted by Crippen LogP contribution is 2.38. The van der Waals surface area contributed by atoms with Gasteiger partial charge in [0.25, 0.3) is 11.8 Å². The number of ether oxygens (including phenoxy) is 2. The summed E-state index contributed by atoms with van der Waals surface area (Å²) in [6.45, 7) is 7.90. The van der Waals surface area contributed by atoms with E-state index in [1.54, 1.807) is 11.0 Å². The van der Waals surface area contributed by atoms with Crippen LogP contribution in [0.15, 0.2) is 41.3 Å². The Bertz CT molecular complexity index is 1160. The number of thiocarbonyl (C=S) groups is 1. The van der Waals surface area contributed by atoms with Crippen molar-refractivity contribution in [3.05, 3.63) is 58.0 Å². The zero-order valence-electron chi connectivity index (χ0n) is 19.6. The smallest absolute Gasteiger partial charge is 0.270 e. The van der Waals surface area contributed by atoms with Crippen LogP contribution in [-0.2, 0) is 9.59 Å². The van der Waals surface area contributed by atoms with Gasteiger partial charge in [0.1, 0.15) is 0 Å². The van der Waals surface area contributed by atoms with Crippen LogP contribution in [0.4, 0.5) is 5.69 Å². The van der Waals surface area contributed by atoms with Gasteiger partial charge in [-0.2, -0.15) is 0 Å².